The van der Waals surface area contributed by atoms with Gasteiger partial charge in [-0.05, 0) is 54.7 Å². The number of amides is 1. The number of benzene rings is 2. The van der Waals surface area contributed by atoms with Gasteiger partial charge in [0.05, 0.1) is 24.6 Å². The molecule has 3 atom stereocenters. The summed E-state index contributed by atoms with van der Waals surface area (Å²) in [5, 5.41) is 3.06. The van der Waals surface area contributed by atoms with E-state index < -0.39 is 20.9 Å². The molecule has 0 radical (unpaired) electrons. The van der Waals surface area contributed by atoms with Crippen molar-refractivity contribution in [3.8, 4) is 0 Å². The van der Waals surface area contributed by atoms with Crippen molar-refractivity contribution >= 4 is 21.6 Å². The summed E-state index contributed by atoms with van der Waals surface area (Å²) < 4.78 is 45.7. The van der Waals surface area contributed by atoms with E-state index in [1.165, 1.54) is 0 Å². The molecule has 3 rings (SSSR count). The Kier molecular flexibility index (Phi) is 7.16. The van der Waals surface area contributed by atoms with Crippen LogP contribution in [0.25, 0.3) is 0 Å². The molecule has 0 saturated heterocycles. The van der Waals surface area contributed by atoms with Gasteiger partial charge in [-0.3, -0.25) is 9.52 Å². The molecule has 2 aromatic rings. The number of hydrogen-bond acceptors (Lipinski definition) is 4. The average molecular weight is 491 g/mol. The lowest BCUT2D eigenvalue weighted by Gasteiger charge is -2.25. The fourth-order valence-electron chi connectivity index (χ4n) is 4.59. The van der Waals surface area contributed by atoms with E-state index in [1.807, 2.05) is 46.8 Å². The van der Waals surface area contributed by atoms with Crippen molar-refractivity contribution in [2.45, 2.75) is 57.9 Å². The fraction of sp³-hybridized carbons (Fsp3) is 0.500. The fourth-order valence-corrected chi connectivity index (χ4v) is 5.22. The SMILES string of the molecule is COCC(C)(C)c1ccc(C2(C)C[C@H]2C(=O)NC(C)c2ccc(NS(C)(=O)=O)c(C)c2)cc1F. The zero-order chi connectivity index (χ0) is 25.5. The average Bonchev–Trinajstić information content (AvgIpc) is 3.41. The third-order valence-electron chi connectivity index (χ3n) is 6.82. The van der Waals surface area contributed by atoms with Crippen molar-refractivity contribution in [1.29, 1.82) is 0 Å². The number of methoxy groups -OCH3 is 1. The first-order valence-corrected chi connectivity index (χ1v) is 13.3. The lowest BCUT2D eigenvalue weighted by atomic mass is 9.83. The summed E-state index contributed by atoms with van der Waals surface area (Å²) in [4.78, 5) is 13.0. The topological polar surface area (TPSA) is 84.5 Å². The third kappa shape index (κ3) is 5.61. The van der Waals surface area contributed by atoms with E-state index in [9.17, 15) is 17.6 Å². The number of hydrogen-bond donors (Lipinski definition) is 2. The van der Waals surface area contributed by atoms with Gasteiger partial charge in [-0.1, -0.05) is 45.0 Å². The zero-order valence-electron chi connectivity index (χ0n) is 21.0. The van der Waals surface area contributed by atoms with Crippen molar-refractivity contribution in [2.24, 2.45) is 5.92 Å². The number of nitrogens with one attached hydrogen (secondary N) is 2. The Morgan fingerprint density at radius 1 is 1.26 bits per heavy atom. The summed E-state index contributed by atoms with van der Waals surface area (Å²) in [6.07, 6.45) is 1.76. The maximum atomic E-state index is 15.0. The van der Waals surface area contributed by atoms with E-state index in [0.717, 1.165) is 22.9 Å². The van der Waals surface area contributed by atoms with Gasteiger partial charge < -0.3 is 10.1 Å². The standard InChI is InChI=1S/C26H35FN2O4S/c1-16-12-18(8-11-23(16)29-34(7,31)32)17(2)28-24(30)21-14-26(21,5)19-9-10-20(22(27)13-19)25(3,4)15-33-6/h8-13,17,21,29H,14-15H2,1-7H3,(H,28,30)/t17?,21-,26?/m0/s1. The minimum atomic E-state index is -3.36. The monoisotopic (exact) mass is 490 g/mol. The smallest absolute Gasteiger partial charge is 0.229 e. The second-order valence-electron chi connectivity index (χ2n) is 10.4. The van der Waals surface area contributed by atoms with Crippen LogP contribution in [0, 0.1) is 18.7 Å². The molecule has 34 heavy (non-hydrogen) atoms. The molecule has 1 aliphatic carbocycles. The van der Waals surface area contributed by atoms with Gasteiger partial charge in [-0.15, -0.1) is 0 Å². The summed E-state index contributed by atoms with van der Waals surface area (Å²) in [6.45, 7) is 9.99. The molecule has 1 saturated carbocycles. The highest BCUT2D eigenvalue weighted by molar-refractivity contribution is 7.92. The Balaban J connectivity index is 1.69. The van der Waals surface area contributed by atoms with Gasteiger partial charge in [-0.2, -0.15) is 0 Å². The van der Waals surface area contributed by atoms with Gasteiger partial charge in [0.25, 0.3) is 0 Å². The zero-order valence-corrected chi connectivity index (χ0v) is 21.8. The van der Waals surface area contributed by atoms with Crippen LogP contribution in [0.3, 0.4) is 0 Å². The quantitative estimate of drug-likeness (QED) is 0.539. The Hall–Kier alpha value is -2.45. The molecule has 186 valence electrons. The van der Waals surface area contributed by atoms with E-state index in [4.69, 9.17) is 4.74 Å². The molecule has 0 spiro atoms. The van der Waals surface area contributed by atoms with Gasteiger partial charge in [0.1, 0.15) is 5.82 Å². The number of ether oxygens (including phenoxy) is 1. The number of anilines is 1. The molecule has 8 heteroatoms. The lowest BCUT2D eigenvalue weighted by Crippen LogP contribution is -2.30. The molecule has 0 aromatic heterocycles. The Morgan fingerprint density at radius 2 is 1.94 bits per heavy atom. The number of halogens is 1. The third-order valence-corrected chi connectivity index (χ3v) is 7.41. The van der Waals surface area contributed by atoms with E-state index in [1.54, 1.807) is 31.4 Å². The van der Waals surface area contributed by atoms with Gasteiger partial charge in [0, 0.05) is 23.9 Å². The molecule has 1 amide bonds. The molecule has 1 fully saturated rings. The molecule has 0 heterocycles. The molecule has 1 aliphatic rings. The van der Waals surface area contributed by atoms with Crippen LogP contribution < -0.4 is 10.0 Å². The van der Waals surface area contributed by atoms with Crippen molar-refractivity contribution in [1.82, 2.24) is 5.32 Å². The number of sulfonamides is 1. The minimum absolute atomic E-state index is 0.0739. The van der Waals surface area contributed by atoms with E-state index in [2.05, 4.69) is 10.0 Å². The predicted octanol–water partition coefficient (Wildman–Crippen LogP) is 4.58. The summed E-state index contributed by atoms with van der Waals surface area (Å²) >= 11 is 0. The van der Waals surface area contributed by atoms with E-state index in [-0.39, 0.29) is 23.7 Å². The summed E-state index contributed by atoms with van der Waals surface area (Å²) in [5.41, 5.74) is 2.73. The Morgan fingerprint density at radius 3 is 2.50 bits per heavy atom. The highest BCUT2D eigenvalue weighted by atomic mass is 32.2. The summed E-state index contributed by atoms with van der Waals surface area (Å²) in [5.74, 6) is -0.590. The van der Waals surface area contributed by atoms with Gasteiger partial charge in [-0.25, -0.2) is 12.8 Å². The molecule has 6 nitrogen and oxygen atoms in total. The van der Waals surface area contributed by atoms with Crippen LogP contribution in [0.15, 0.2) is 36.4 Å². The van der Waals surface area contributed by atoms with Gasteiger partial charge >= 0.3 is 0 Å². The Bertz CT molecular complexity index is 1200. The van der Waals surface area contributed by atoms with Crippen LogP contribution >= 0.6 is 0 Å². The molecule has 0 aliphatic heterocycles. The summed E-state index contributed by atoms with van der Waals surface area (Å²) in [6, 6.07) is 10.4. The number of carbonyl (C=O) groups is 1. The van der Waals surface area contributed by atoms with E-state index in [0.29, 0.717) is 24.3 Å². The highest BCUT2D eigenvalue weighted by Gasteiger charge is 2.55. The van der Waals surface area contributed by atoms with Gasteiger partial charge in [0.2, 0.25) is 15.9 Å². The maximum absolute atomic E-state index is 15.0. The van der Waals surface area contributed by atoms with Crippen LogP contribution in [0.4, 0.5) is 10.1 Å². The molecule has 2 aromatic carbocycles. The van der Waals surface area contributed by atoms with Crippen LogP contribution in [0.2, 0.25) is 0 Å². The minimum Gasteiger partial charge on any atom is -0.384 e. The molecular weight excluding hydrogens is 455 g/mol. The lowest BCUT2D eigenvalue weighted by molar-refractivity contribution is -0.123. The van der Waals surface area contributed by atoms with Crippen LogP contribution in [0.5, 0.6) is 0 Å². The van der Waals surface area contributed by atoms with Crippen LogP contribution in [-0.2, 0) is 30.4 Å². The maximum Gasteiger partial charge on any atom is 0.229 e. The predicted molar refractivity (Wildman–Crippen MR) is 133 cm³/mol. The van der Waals surface area contributed by atoms with Gasteiger partial charge in [0.15, 0.2) is 0 Å². The molecule has 2 N–H and O–H groups in total. The first-order chi connectivity index (χ1) is 15.7. The van der Waals surface area contributed by atoms with Crippen molar-refractivity contribution in [3.63, 3.8) is 0 Å². The molecular formula is C26H35FN2O4S. The van der Waals surface area contributed by atoms with Crippen molar-refractivity contribution in [3.05, 3.63) is 64.5 Å². The van der Waals surface area contributed by atoms with Crippen molar-refractivity contribution in [2.75, 3.05) is 24.7 Å². The van der Waals surface area contributed by atoms with Crippen molar-refractivity contribution < 1.29 is 22.3 Å². The molecule has 2 unspecified atom stereocenters. The second-order valence-corrected chi connectivity index (χ2v) is 12.1. The highest BCUT2D eigenvalue weighted by Crippen LogP contribution is 2.54. The number of carbonyl (C=O) groups excluding carboxylic acids is 1. The number of rotatable bonds is 9. The molecule has 0 bridgehead atoms. The second kappa shape index (κ2) is 9.30. The Labute approximate surface area is 202 Å². The van der Waals surface area contributed by atoms with Crippen LogP contribution in [-0.4, -0.2) is 34.3 Å². The van der Waals surface area contributed by atoms with Crippen LogP contribution in [0.1, 0.15) is 62.4 Å². The first kappa shape index (κ1) is 26.2. The largest absolute Gasteiger partial charge is 0.384 e. The van der Waals surface area contributed by atoms with E-state index >= 15 is 0 Å². The number of aryl methyl sites for hydroxylation is 1. The summed E-state index contributed by atoms with van der Waals surface area (Å²) in [7, 11) is -1.76. The first-order valence-electron chi connectivity index (χ1n) is 11.4. The normalized spacial score (nSPS) is 21.1.